The highest BCUT2D eigenvalue weighted by Gasteiger charge is 2.52. The summed E-state index contributed by atoms with van der Waals surface area (Å²) in [7, 11) is 0. The fourth-order valence-electron chi connectivity index (χ4n) is 4.19. The molecule has 1 aliphatic carbocycles. The van der Waals surface area contributed by atoms with Crippen LogP contribution in [0.25, 0.3) is 10.9 Å². The Hall–Kier alpha value is -2.67. The minimum Gasteiger partial charge on any atom is -0.481 e. The summed E-state index contributed by atoms with van der Waals surface area (Å²) in [6.45, 7) is 0.538. The summed E-state index contributed by atoms with van der Waals surface area (Å²) in [5.74, 6) is -1.20. The first-order valence-electron chi connectivity index (χ1n) is 9.21. The van der Waals surface area contributed by atoms with E-state index in [4.69, 9.17) is 9.84 Å². The second-order valence-electron chi connectivity index (χ2n) is 7.53. The number of aromatic nitrogens is 1. The molecule has 4 rings (SSSR count). The predicted octanol–water partition coefficient (Wildman–Crippen LogP) is 1.53. The molecule has 7 heteroatoms. The van der Waals surface area contributed by atoms with Crippen molar-refractivity contribution in [2.24, 2.45) is 5.92 Å². The second-order valence-corrected chi connectivity index (χ2v) is 7.53. The van der Waals surface area contributed by atoms with Crippen LogP contribution in [-0.2, 0) is 20.9 Å². The number of carbonyl (C=O) groups is 2. The maximum Gasteiger partial charge on any atom is 0.306 e. The lowest BCUT2D eigenvalue weighted by Gasteiger charge is -2.42. The molecule has 1 aliphatic heterocycles. The number of carboxylic acids is 1. The van der Waals surface area contributed by atoms with Crippen LogP contribution in [0.2, 0.25) is 0 Å². The van der Waals surface area contributed by atoms with Crippen LogP contribution in [0.3, 0.4) is 0 Å². The van der Waals surface area contributed by atoms with Crippen LogP contribution in [0.4, 0.5) is 0 Å². The Balaban J connectivity index is 1.32. The molecule has 0 bridgehead atoms. The Kier molecular flexibility index (Phi) is 4.47. The van der Waals surface area contributed by atoms with E-state index >= 15 is 0 Å². The van der Waals surface area contributed by atoms with Gasteiger partial charge in [0.15, 0.2) is 5.43 Å². The topological polar surface area (TPSA) is 97.6 Å². The number of aliphatic carboxylic acids is 1. The van der Waals surface area contributed by atoms with Gasteiger partial charge in [0, 0.05) is 24.2 Å². The molecule has 1 atom stereocenters. The van der Waals surface area contributed by atoms with E-state index in [1.165, 1.54) is 6.07 Å². The van der Waals surface area contributed by atoms with Crippen LogP contribution in [0.1, 0.15) is 25.7 Å². The van der Waals surface area contributed by atoms with Gasteiger partial charge in [-0.05, 0) is 37.8 Å². The number of rotatable bonds is 5. The molecule has 2 aliphatic rings. The zero-order valence-electron chi connectivity index (χ0n) is 14.9. The molecule has 1 saturated heterocycles. The molecule has 2 heterocycles. The van der Waals surface area contributed by atoms with Crippen molar-refractivity contribution in [3.8, 4) is 0 Å². The molecule has 7 nitrogen and oxygen atoms in total. The Bertz CT molecular complexity index is 945. The van der Waals surface area contributed by atoms with Crippen molar-refractivity contribution in [2.45, 2.75) is 43.9 Å². The van der Waals surface area contributed by atoms with E-state index in [1.54, 1.807) is 22.9 Å². The van der Waals surface area contributed by atoms with Gasteiger partial charge in [0.05, 0.1) is 23.1 Å². The summed E-state index contributed by atoms with van der Waals surface area (Å²) in [6.07, 6.45) is 4.36. The number of hydrogen-bond acceptors (Lipinski definition) is 4. The van der Waals surface area contributed by atoms with Gasteiger partial charge in [-0.2, -0.15) is 0 Å². The van der Waals surface area contributed by atoms with Crippen molar-refractivity contribution in [2.75, 3.05) is 6.54 Å². The number of carbonyl (C=O) groups excluding carboxylic acids is 1. The molecule has 1 aromatic carbocycles. The number of nitrogens with one attached hydrogen (secondary N) is 1. The van der Waals surface area contributed by atoms with Crippen molar-refractivity contribution in [1.82, 2.24) is 9.88 Å². The number of benzene rings is 1. The second kappa shape index (κ2) is 6.81. The zero-order valence-corrected chi connectivity index (χ0v) is 14.9. The fourth-order valence-corrected chi connectivity index (χ4v) is 4.19. The molecule has 1 unspecified atom stereocenters. The van der Waals surface area contributed by atoms with Gasteiger partial charge < -0.3 is 19.7 Å². The highest BCUT2D eigenvalue weighted by atomic mass is 16.5. The molecule has 27 heavy (non-hydrogen) atoms. The molecule has 2 aromatic rings. The molecule has 2 fully saturated rings. The van der Waals surface area contributed by atoms with E-state index in [-0.39, 0.29) is 35.5 Å². The number of para-hydroxylation sites is 1. The number of pyridine rings is 1. The minimum atomic E-state index is -0.755. The van der Waals surface area contributed by atoms with Crippen molar-refractivity contribution >= 4 is 22.8 Å². The van der Waals surface area contributed by atoms with Crippen LogP contribution in [0, 0.1) is 5.92 Å². The van der Waals surface area contributed by atoms with Crippen molar-refractivity contribution in [1.29, 1.82) is 0 Å². The lowest BCUT2D eigenvalue weighted by Crippen LogP contribution is -2.47. The van der Waals surface area contributed by atoms with Gasteiger partial charge in [-0.1, -0.05) is 12.1 Å². The van der Waals surface area contributed by atoms with Gasteiger partial charge in [0.2, 0.25) is 5.91 Å². The van der Waals surface area contributed by atoms with E-state index in [0.29, 0.717) is 24.8 Å². The van der Waals surface area contributed by atoms with Gasteiger partial charge in [-0.3, -0.25) is 14.4 Å². The number of ether oxygens (including phenoxy) is 1. The first-order chi connectivity index (χ1) is 13.0. The number of carboxylic acid groups (broad SMARTS) is 1. The van der Waals surface area contributed by atoms with E-state index in [0.717, 1.165) is 18.4 Å². The van der Waals surface area contributed by atoms with Gasteiger partial charge in [0.25, 0.3) is 0 Å². The zero-order chi connectivity index (χ0) is 19.0. The molecule has 1 amide bonds. The number of amides is 1. The fraction of sp³-hybridized carbons (Fsp3) is 0.450. The molecule has 1 saturated carbocycles. The van der Waals surface area contributed by atoms with Crippen LogP contribution in [0.15, 0.2) is 41.3 Å². The van der Waals surface area contributed by atoms with Gasteiger partial charge >= 0.3 is 5.97 Å². The molecule has 1 spiro atoms. The number of hydrogen-bond donors (Lipinski definition) is 2. The summed E-state index contributed by atoms with van der Waals surface area (Å²) in [6, 6.07) is 8.68. The van der Waals surface area contributed by atoms with E-state index in [1.807, 2.05) is 12.1 Å². The molecule has 142 valence electrons. The third kappa shape index (κ3) is 3.47. The monoisotopic (exact) mass is 370 g/mol. The van der Waals surface area contributed by atoms with E-state index < -0.39 is 5.97 Å². The summed E-state index contributed by atoms with van der Waals surface area (Å²) in [4.78, 5) is 35.2. The average Bonchev–Trinajstić information content (AvgIpc) is 3.06. The normalized spacial score (nSPS) is 26.8. The molecule has 1 aromatic heterocycles. The standard InChI is InChI=1S/C20H22N2O5/c23-17-6-8-22(16-4-2-1-3-15(16)17)12-18(24)21-11-14-5-7-20(27-14)9-13(10-20)19(25)26/h1-4,6,8,13-14H,5,7,9-12H2,(H,21,24)(H,25,26). The van der Waals surface area contributed by atoms with Crippen LogP contribution in [-0.4, -0.2) is 39.8 Å². The van der Waals surface area contributed by atoms with Crippen molar-refractivity contribution in [3.05, 3.63) is 46.8 Å². The smallest absolute Gasteiger partial charge is 0.306 e. The lowest BCUT2D eigenvalue weighted by atomic mass is 9.69. The quantitative estimate of drug-likeness (QED) is 0.832. The van der Waals surface area contributed by atoms with Gasteiger partial charge in [-0.25, -0.2) is 0 Å². The summed E-state index contributed by atoms with van der Waals surface area (Å²) in [5, 5.41) is 12.5. The predicted molar refractivity (Wildman–Crippen MR) is 98.4 cm³/mol. The SMILES string of the molecule is O=C(Cn1ccc(=O)c2ccccc21)NCC1CCC2(CC(C(=O)O)C2)O1. The Morgan fingerprint density at radius 1 is 1.26 bits per heavy atom. The van der Waals surface area contributed by atoms with Crippen molar-refractivity contribution < 1.29 is 19.4 Å². The number of fused-ring (bicyclic) bond motifs is 1. The maximum atomic E-state index is 12.3. The maximum absolute atomic E-state index is 12.3. The average molecular weight is 370 g/mol. The Labute approximate surface area is 155 Å². The van der Waals surface area contributed by atoms with E-state index in [2.05, 4.69) is 5.32 Å². The molecule has 0 radical (unpaired) electrons. The highest BCUT2D eigenvalue weighted by Crippen LogP contribution is 2.49. The van der Waals surface area contributed by atoms with Gasteiger partial charge in [-0.15, -0.1) is 0 Å². The molecular weight excluding hydrogens is 348 g/mol. The van der Waals surface area contributed by atoms with Gasteiger partial charge in [0.1, 0.15) is 6.54 Å². The first-order valence-corrected chi connectivity index (χ1v) is 9.21. The third-order valence-corrected chi connectivity index (χ3v) is 5.65. The van der Waals surface area contributed by atoms with E-state index in [9.17, 15) is 14.4 Å². The van der Waals surface area contributed by atoms with Crippen LogP contribution < -0.4 is 10.7 Å². The number of nitrogens with zero attached hydrogens (tertiary/aromatic N) is 1. The Morgan fingerprint density at radius 2 is 2.04 bits per heavy atom. The molecule has 2 N–H and O–H groups in total. The largest absolute Gasteiger partial charge is 0.481 e. The lowest BCUT2D eigenvalue weighted by molar-refractivity contribution is -0.165. The first kappa shape index (κ1) is 17.7. The summed E-state index contributed by atoms with van der Waals surface area (Å²) < 4.78 is 7.78. The third-order valence-electron chi connectivity index (χ3n) is 5.65. The summed E-state index contributed by atoms with van der Waals surface area (Å²) in [5.41, 5.74) is 0.366. The summed E-state index contributed by atoms with van der Waals surface area (Å²) >= 11 is 0. The van der Waals surface area contributed by atoms with Crippen LogP contribution in [0.5, 0.6) is 0 Å². The van der Waals surface area contributed by atoms with Crippen LogP contribution >= 0.6 is 0 Å². The van der Waals surface area contributed by atoms with Crippen molar-refractivity contribution in [3.63, 3.8) is 0 Å². The minimum absolute atomic E-state index is 0.0629. The highest BCUT2D eigenvalue weighted by molar-refractivity contribution is 5.82. The molecular formula is C20H22N2O5. The Morgan fingerprint density at radius 3 is 2.81 bits per heavy atom.